The van der Waals surface area contributed by atoms with Gasteiger partial charge in [0.25, 0.3) is 0 Å². The van der Waals surface area contributed by atoms with Gasteiger partial charge in [-0.05, 0) is 38.6 Å². The highest BCUT2D eigenvalue weighted by atomic mass is 16.5. The normalized spacial score (nSPS) is 13.9. The van der Waals surface area contributed by atoms with Crippen LogP contribution >= 0.6 is 0 Å². The van der Waals surface area contributed by atoms with Crippen molar-refractivity contribution in [3.05, 3.63) is 0 Å². The Kier molecular flexibility index (Phi) is 17.9. The molecule has 0 saturated heterocycles. The van der Waals surface area contributed by atoms with Gasteiger partial charge in [0.05, 0.1) is 12.2 Å². The molecule has 2 atom stereocenters. The summed E-state index contributed by atoms with van der Waals surface area (Å²) in [5.41, 5.74) is 4.92. The Balaban J connectivity index is 0. The van der Waals surface area contributed by atoms with Gasteiger partial charge in [-0.1, -0.05) is 27.2 Å². The van der Waals surface area contributed by atoms with Crippen molar-refractivity contribution in [3.8, 4) is 0 Å². The van der Waals surface area contributed by atoms with Crippen molar-refractivity contribution in [1.29, 1.82) is 0 Å². The van der Waals surface area contributed by atoms with Gasteiger partial charge in [0.1, 0.15) is 13.2 Å². The molecular weight excluding hydrogens is 340 g/mol. The Hall–Kier alpha value is -1.22. The van der Waals surface area contributed by atoms with Crippen LogP contribution in [0.2, 0.25) is 0 Å². The fourth-order valence-corrected chi connectivity index (χ4v) is 1.85. The Labute approximate surface area is 157 Å². The van der Waals surface area contributed by atoms with Crippen LogP contribution in [-0.2, 0) is 19.1 Å². The van der Waals surface area contributed by atoms with Gasteiger partial charge in [-0.2, -0.15) is 0 Å². The number of carboxylic acids is 1. The second-order valence-corrected chi connectivity index (χ2v) is 6.45. The lowest BCUT2D eigenvalue weighted by Gasteiger charge is -2.28. The molecule has 26 heavy (non-hydrogen) atoms. The zero-order valence-corrected chi connectivity index (χ0v) is 16.8. The average Bonchev–Trinajstić information content (AvgIpc) is 2.59. The maximum atomic E-state index is 11.2. The Morgan fingerprint density at radius 2 is 1.92 bits per heavy atom. The van der Waals surface area contributed by atoms with Crippen LogP contribution in [0.25, 0.3) is 0 Å². The summed E-state index contributed by atoms with van der Waals surface area (Å²) < 4.78 is 10.2. The second kappa shape index (κ2) is 17.2. The van der Waals surface area contributed by atoms with Crippen molar-refractivity contribution in [2.24, 2.45) is 11.7 Å². The van der Waals surface area contributed by atoms with E-state index in [4.69, 9.17) is 20.7 Å². The average molecular weight is 379 g/mol. The molecular formula is C18H38N2O6. The van der Waals surface area contributed by atoms with E-state index >= 15 is 0 Å². The largest absolute Gasteiger partial charge is 0.480 e. The van der Waals surface area contributed by atoms with E-state index in [1.807, 2.05) is 13.8 Å². The minimum Gasteiger partial charge on any atom is -0.480 e. The van der Waals surface area contributed by atoms with Crippen molar-refractivity contribution >= 4 is 11.9 Å². The molecule has 0 aliphatic heterocycles. The maximum absolute atomic E-state index is 11.2. The lowest BCUT2D eigenvalue weighted by molar-refractivity contribution is -0.143. The second-order valence-electron chi connectivity index (χ2n) is 6.45. The summed E-state index contributed by atoms with van der Waals surface area (Å²) in [4.78, 5) is 21.4. The number of amides is 1. The van der Waals surface area contributed by atoms with Gasteiger partial charge in [0.2, 0.25) is 5.91 Å². The number of aliphatic hydroxyl groups excluding tert-OH is 1. The van der Waals surface area contributed by atoms with E-state index in [-0.39, 0.29) is 24.7 Å². The number of carbonyl (C=O) groups is 2. The molecule has 0 rings (SSSR count). The number of aliphatic hydroxyl groups is 1. The first-order valence-corrected chi connectivity index (χ1v) is 9.25. The predicted octanol–water partition coefficient (Wildman–Crippen LogP) is 1.15. The lowest BCUT2D eigenvalue weighted by Crippen LogP contribution is -2.35. The van der Waals surface area contributed by atoms with E-state index in [0.717, 1.165) is 18.9 Å². The topological polar surface area (TPSA) is 131 Å². The number of nitrogens with two attached hydrogens (primary N) is 1. The van der Waals surface area contributed by atoms with Crippen LogP contribution < -0.4 is 11.1 Å². The van der Waals surface area contributed by atoms with Gasteiger partial charge in [0, 0.05) is 13.2 Å². The number of ether oxygens (including phenoxy) is 2. The molecule has 0 heterocycles. The third-order valence-electron chi connectivity index (χ3n) is 4.08. The van der Waals surface area contributed by atoms with Crippen molar-refractivity contribution in [2.75, 3.05) is 39.5 Å². The van der Waals surface area contributed by atoms with Crippen molar-refractivity contribution in [2.45, 2.75) is 59.0 Å². The summed E-state index contributed by atoms with van der Waals surface area (Å²) in [6.45, 7) is 9.06. The summed E-state index contributed by atoms with van der Waals surface area (Å²) in [5, 5.41) is 19.8. The van der Waals surface area contributed by atoms with Gasteiger partial charge in [-0.15, -0.1) is 0 Å². The molecule has 0 spiro atoms. The molecule has 0 fully saturated rings. The van der Waals surface area contributed by atoms with Crippen LogP contribution in [0, 0.1) is 5.92 Å². The zero-order valence-electron chi connectivity index (χ0n) is 16.8. The fourth-order valence-electron chi connectivity index (χ4n) is 1.85. The van der Waals surface area contributed by atoms with Crippen molar-refractivity contribution in [3.63, 3.8) is 0 Å². The smallest absolute Gasteiger partial charge is 0.329 e. The van der Waals surface area contributed by atoms with Crippen molar-refractivity contribution in [1.82, 2.24) is 5.32 Å². The van der Waals surface area contributed by atoms with Crippen molar-refractivity contribution < 1.29 is 29.3 Å². The zero-order chi connectivity index (χ0) is 20.4. The lowest BCUT2D eigenvalue weighted by atomic mass is 9.99. The first kappa shape index (κ1) is 27.0. The quantitative estimate of drug-likeness (QED) is 0.333. The summed E-state index contributed by atoms with van der Waals surface area (Å²) in [7, 11) is 0. The summed E-state index contributed by atoms with van der Waals surface area (Å²) in [5.74, 6) is -0.672. The first-order chi connectivity index (χ1) is 12.2. The first-order valence-electron chi connectivity index (χ1n) is 9.25. The molecule has 0 radical (unpaired) electrons. The number of nitrogens with one attached hydrogen (secondary N) is 1. The predicted molar refractivity (Wildman–Crippen MR) is 101 cm³/mol. The van der Waals surface area contributed by atoms with Gasteiger partial charge in [0.15, 0.2) is 0 Å². The molecule has 8 nitrogen and oxygen atoms in total. The highest BCUT2D eigenvalue weighted by Gasteiger charge is 2.21. The number of hydrogen-bond donors (Lipinski definition) is 4. The van der Waals surface area contributed by atoms with Crippen LogP contribution in [0.3, 0.4) is 0 Å². The molecule has 0 bridgehead atoms. The third-order valence-corrected chi connectivity index (χ3v) is 4.08. The summed E-state index contributed by atoms with van der Waals surface area (Å²) >= 11 is 0. The minimum atomic E-state index is -1.11. The van der Waals surface area contributed by atoms with E-state index in [9.17, 15) is 9.59 Å². The molecule has 8 heteroatoms. The number of rotatable bonds is 14. The molecule has 0 aromatic rings. The Bertz CT molecular complexity index is 368. The highest BCUT2D eigenvalue weighted by Crippen LogP contribution is 2.18. The standard InChI is InChI=1S/C12H23NO6.C6H15N/c1-3-12(2,4-6-14)19-7-5-13-10(15)8-18-9-11(16)17;1-3-6(2)4-5-7/h14H,3-9H2,1-2H3,(H,13,15)(H,16,17);6H,3-5,7H2,1-2H3. The molecule has 5 N–H and O–H groups in total. The monoisotopic (exact) mass is 378 g/mol. The third kappa shape index (κ3) is 17.6. The number of aliphatic carboxylic acids is 1. The van der Waals surface area contributed by atoms with Crippen LogP contribution in [0.1, 0.15) is 53.4 Å². The Morgan fingerprint density at radius 1 is 1.27 bits per heavy atom. The minimum absolute atomic E-state index is 0.0553. The molecule has 0 saturated carbocycles. The highest BCUT2D eigenvalue weighted by molar-refractivity contribution is 5.77. The van der Waals surface area contributed by atoms with Gasteiger partial charge in [-0.25, -0.2) is 4.79 Å². The van der Waals surface area contributed by atoms with Gasteiger partial charge < -0.3 is 30.7 Å². The SMILES string of the molecule is CCC(C)(CCO)OCCNC(=O)COCC(=O)O.CCC(C)CCN. The summed E-state index contributed by atoms with van der Waals surface area (Å²) in [6, 6.07) is 0. The van der Waals surface area contributed by atoms with E-state index in [2.05, 4.69) is 23.9 Å². The molecule has 156 valence electrons. The van der Waals surface area contributed by atoms with Crippen LogP contribution in [-0.4, -0.2) is 67.2 Å². The summed E-state index contributed by atoms with van der Waals surface area (Å²) in [6.07, 6.45) is 3.75. The molecule has 1 amide bonds. The van der Waals surface area contributed by atoms with Gasteiger partial charge >= 0.3 is 5.97 Å². The van der Waals surface area contributed by atoms with Crippen LogP contribution in [0.5, 0.6) is 0 Å². The van der Waals surface area contributed by atoms with E-state index in [0.29, 0.717) is 19.6 Å². The van der Waals surface area contributed by atoms with Gasteiger partial charge in [-0.3, -0.25) is 4.79 Å². The number of carboxylic acid groups (broad SMARTS) is 1. The number of hydrogen-bond acceptors (Lipinski definition) is 6. The van der Waals surface area contributed by atoms with E-state index in [1.54, 1.807) is 0 Å². The molecule has 2 unspecified atom stereocenters. The fraction of sp³-hybridized carbons (Fsp3) is 0.889. The molecule has 0 aliphatic rings. The molecule has 0 aliphatic carbocycles. The van der Waals surface area contributed by atoms with E-state index < -0.39 is 12.6 Å². The molecule has 0 aromatic carbocycles. The van der Waals surface area contributed by atoms with E-state index in [1.165, 1.54) is 12.8 Å². The number of carbonyl (C=O) groups excluding carboxylic acids is 1. The molecule has 0 aromatic heterocycles. The Morgan fingerprint density at radius 3 is 2.35 bits per heavy atom. The van der Waals surface area contributed by atoms with Crippen LogP contribution in [0.15, 0.2) is 0 Å². The maximum Gasteiger partial charge on any atom is 0.329 e. The van der Waals surface area contributed by atoms with Crippen LogP contribution in [0.4, 0.5) is 0 Å².